The van der Waals surface area contributed by atoms with E-state index in [0.29, 0.717) is 6.04 Å². The van der Waals surface area contributed by atoms with Crippen molar-refractivity contribution in [2.45, 2.75) is 39.3 Å². The zero-order valence-electron chi connectivity index (χ0n) is 9.03. The van der Waals surface area contributed by atoms with E-state index in [2.05, 4.69) is 28.7 Å². The summed E-state index contributed by atoms with van der Waals surface area (Å²) in [6, 6.07) is 0.709. The molecule has 0 aromatic carbocycles. The van der Waals surface area contributed by atoms with Gasteiger partial charge in [0.25, 0.3) is 0 Å². The average Bonchev–Trinajstić information content (AvgIpc) is 2.57. The van der Waals surface area contributed by atoms with Gasteiger partial charge in [-0.3, -0.25) is 0 Å². The second-order valence-electron chi connectivity index (χ2n) is 4.30. The molecule has 1 aliphatic rings. The monoisotopic (exact) mass is 193 g/mol. The molecule has 1 aromatic rings. The quantitative estimate of drug-likeness (QED) is 0.792. The molecule has 1 fully saturated rings. The van der Waals surface area contributed by atoms with E-state index < -0.39 is 0 Å². The van der Waals surface area contributed by atoms with Gasteiger partial charge in [0.1, 0.15) is 0 Å². The fraction of sp³-hybridized carbons (Fsp3) is 0.727. The van der Waals surface area contributed by atoms with E-state index >= 15 is 0 Å². The van der Waals surface area contributed by atoms with Crippen LogP contribution in [-0.2, 0) is 6.54 Å². The smallest absolute Gasteiger partial charge is 0.0951 e. The Labute approximate surface area is 85.5 Å². The van der Waals surface area contributed by atoms with Crippen LogP contribution in [0.15, 0.2) is 12.5 Å². The highest BCUT2D eigenvalue weighted by atomic mass is 15.1. The molecule has 0 atom stereocenters. The molecule has 0 aliphatic heterocycles. The van der Waals surface area contributed by atoms with E-state index in [1.165, 1.54) is 18.5 Å². The van der Waals surface area contributed by atoms with Gasteiger partial charge in [-0.2, -0.15) is 0 Å². The minimum absolute atomic E-state index is 0.709. The summed E-state index contributed by atoms with van der Waals surface area (Å²) < 4.78 is 2.34. The summed E-state index contributed by atoms with van der Waals surface area (Å²) in [4.78, 5) is 4.23. The summed E-state index contributed by atoms with van der Waals surface area (Å²) in [5, 5.41) is 3.34. The topological polar surface area (TPSA) is 29.9 Å². The summed E-state index contributed by atoms with van der Waals surface area (Å²) in [7, 11) is 0. The lowest BCUT2D eigenvalue weighted by Gasteiger charge is -2.34. The zero-order valence-corrected chi connectivity index (χ0v) is 9.03. The van der Waals surface area contributed by atoms with Crippen molar-refractivity contribution in [3.63, 3.8) is 0 Å². The van der Waals surface area contributed by atoms with Gasteiger partial charge in [-0.15, -0.1) is 0 Å². The minimum atomic E-state index is 0.709. The van der Waals surface area contributed by atoms with Crippen molar-refractivity contribution >= 4 is 0 Å². The van der Waals surface area contributed by atoms with Crippen LogP contribution >= 0.6 is 0 Å². The Morgan fingerprint density at radius 1 is 1.57 bits per heavy atom. The molecule has 0 bridgehead atoms. The van der Waals surface area contributed by atoms with Gasteiger partial charge >= 0.3 is 0 Å². The lowest BCUT2D eigenvalue weighted by molar-refractivity contribution is 0.211. The normalized spacial score (nSPS) is 26.1. The Morgan fingerprint density at radius 2 is 2.36 bits per heavy atom. The molecule has 1 saturated carbocycles. The Bertz CT molecular complexity index is 286. The van der Waals surface area contributed by atoms with Crippen molar-refractivity contribution in [1.29, 1.82) is 0 Å². The standard InChI is InChI=1S/C11H19N3/c1-3-12-6-11-7-13-8-14(11)10-4-9(2)5-10/h7-10,12H,3-6H2,1-2H3. The first kappa shape index (κ1) is 9.71. The maximum Gasteiger partial charge on any atom is 0.0951 e. The van der Waals surface area contributed by atoms with Gasteiger partial charge in [0, 0.05) is 18.8 Å². The summed E-state index contributed by atoms with van der Waals surface area (Å²) in [6.45, 7) is 6.41. The number of hydrogen-bond donors (Lipinski definition) is 1. The molecule has 14 heavy (non-hydrogen) atoms. The van der Waals surface area contributed by atoms with Gasteiger partial charge < -0.3 is 9.88 Å². The second kappa shape index (κ2) is 4.13. The fourth-order valence-corrected chi connectivity index (χ4v) is 2.14. The van der Waals surface area contributed by atoms with Gasteiger partial charge in [-0.1, -0.05) is 13.8 Å². The van der Waals surface area contributed by atoms with Crippen LogP contribution in [0, 0.1) is 5.92 Å². The molecule has 1 N–H and O–H groups in total. The lowest BCUT2D eigenvalue weighted by atomic mass is 9.81. The van der Waals surface area contributed by atoms with Crippen LogP contribution in [0.3, 0.4) is 0 Å². The van der Waals surface area contributed by atoms with E-state index in [9.17, 15) is 0 Å². The van der Waals surface area contributed by atoms with Crippen molar-refractivity contribution in [3.8, 4) is 0 Å². The lowest BCUT2D eigenvalue weighted by Crippen LogP contribution is -2.26. The Balaban J connectivity index is 1.99. The Morgan fingerprint density at radius 3 is 3.00 bits per heavy atom. The summed E-state index contributed by atoms with van der Waals surface area (Å²) >= 11 is 0. The number of rotatable bonds is 4. The number of imidazole rings is 1. The van der Waals surface area contributed by atoms with Crippen molar-refractivity contribution in [1.82, 2.24) is 14.9 Å². The third kappa shape index (κ3) is 1.82. The van der Waals surface area contributed by atoms with Crippen LogP contribution in [0.4, 0.5) is 0 Å². The molecule has 3 nitrogen and oxygen atoms in total. The Kier molecular flexibility index (Phi) is 2.87. The van der Waals surface area contributed by atoms with Crippen LogP contribution in [0.5, 0.6) is 0 Å². The molecule has 0 amide bonds. The molecular weight excluding hydrogens is 174 g/mol. The molecule has 1 heterocycles. The molecule has 78 valence electrons. The van der Waals surface area contributed by atoms with Crippen molar-refractivity contribution < 1.29 is 0 Å². The van der Waals surface area contributed by atoms with E-state index in [4.69, 9.17) is 0 Å². The molecule has 0 radical (unpaired) electrons. The largest absolute Gasteiger partial charge is 0.330 e. The number of aromatic nitrogens is 2. The number of hydrogen-bond acceptors (Lipinski definition) is 2. The molecule has 1 aromatic heterocycles. The summed E-state index contributed by atoms with van der Waals surface area (Å²) in [6.07, 6.45) is 6.58. The van der Waals surface area contributed by atoms with Gasteiger partial charge in [0.2, 0.25) is 0 Å². The first-order chi connectivity index (χ1) is 6.81. The third-order valence-electron chi connectivity index (χ3n) is 3.04. The average molecular weight is 193 g/mol. The first-order valence-corrected chi connectivity index (χ1v) is 5.52. The van der Waals surface area contributed by atoms with Gasteiger partial charge in [0.05, 0.1) is 12.0 Å². The van der Waals surface area contributed by atoms with Gasteiger partial charge in [-0.25, -0.2) is 4.98 Å². The highest BCUT2D eigenvalue weighted by Crippen LogP contribution is 2.37. The molecule has 0 unspecified atom stereocenters. The second-order valence-corrected chi connectivity index (χ2v) is 4.30. The number of nitrogens with one attached hydrogen (secondary N) is 1. The van der Waals surface area contributed by atoms with Crippen LogP contribution in [-0.4, -0.2) is 16.1 Å². The molecular formula is C11H19N3. The van der Waals surface area contributed by atoms with E-state index in [0.717, 1.165) is 19.0 Å². The van der Waals surface area contributed by atoms with E-state index in [1.807, 2.05) is 12.5 Å². The molecule has 3 heteroatoms. The maximum atomic E-state index is 4.23. The molecule has 0 saturated heterocycles. The SMILES string of the molecule is CCNCc1cncn1C1CC(C)C1. The Hall–Kier alpha value is -0.830. The van der Waals surface area contributed by atoms with Crippen molar-refractivity contribution in [3.05, 3.63) is 18.2 Å². The minimum Gasteiger partial charge on any atom is -0.330 e. The summed E-state index contributed by atoms with van der Waals surface area (Å²) in [5.74, 6) is 0.898. The van der Waals surface area contributed by atoms with E-state index in [-0.39, 0.29) is 0 Å². The zero-order chi connectivity index (χ0) is 9.97. The van der Waals surface area contributed by atoms with Crippen molar-refractivity contribution in [2.75, 3.05) is 6.54 Å². The van der Waals surface area contributed by atoms with Crippen molar-refractivity contribution in [2.24, 2.45) is 5.92 Å². The predicted molar refractivity (Wildman–Crippen MR) is 57.0 cm³/mol. The van der Waals surface area contributed by atoms with Crippen LogP contribution < -0.4 is 5.32 Å². The third-order valence-corrected chi connectivity index (χ3v) is 3.04. The fourth-order valence-electron chi connectivity index (χ4n) is 2.14. The van der Waals surface area contributed by atoms with Crippen LogP contribution in [0.1, 0.15) is 38.4 Å². The van der Waals surface area contributed by atoms with Crippen LogP contribution in [0.2, 0.25) is 0 Å². The van der Waals surface area contributed by atoms with Gasteiger partial charge in [-0.05, 0) is 25.3 Å². The number of nitrogens with zero attached hydrogens (tertiary/aromatic N) is 2. The summed E-state index contributed by atoms with van der Waals surface area (Å²) in [5.41, 5.74) is 1.32. The first-order valence-electron chi connectivity index (χ1n) is 5.52. The van der Waals surface area contributed by atoms with Crippen LogP contribution in [0.25, 0.3) is 0 Å². The predicted octanol–water partition coefficient (Wildman–Crippen LogP) is 1.96. The van der Waals surface area contributed by atoms with E-state index in [1.54, 1.807) is 0 Å². The van der Waals surface area contributed by atoms with Gasteiger partial charge in [0.15, 0.2) is 0 Å². The highest BCUT2D eigenvalue weighted by Gasteiger charge is 2.27. The molecule has 2 rings (SSSR count). The maximum absolute atomic E-state index is 4.23. The highest BCUT2D eigenvalue weighted by molar-refractivity contribution is 5.02. The molecule has 0 spiro atoms. The molecule has 1 aliphatic carbocycles.